The van der Waals surface area contributed by atoms with Gasteiger partial charge in [-0.15, -0.1) is 0 Å². The predicted molar refractivity (Wildman–Crippen MR) is 51.0 cm³/mol. The second-order valence-corrected chi connectivity index (χ2v) is 4.61. The molecule has 0 aromatic rings. The molecule has 71 valence electrons. The van der Waals surface area contributed by atoms with Crippen molar-refractivity contribution in [3.8, 4) is 0 Å². The number of rotatable bonds is 3. The van der Waals surface area contributed by atoms with Gasteiger partial charge >= 0.3 is 0 Å². The van der Waals surface area contributed by atoms with E-state index in [4.69, 9.17) is 0 Å². The van der Waals surface area contributed by atoms with Crippen LogP contribution in [0.25, 0.3) is 0 Å². The lowest BCUT2D eigenvalue weighted by molar-refractivity contribution is -0.123. The van der Waals surface area contributed by atoms with Gasteiger partial charge in [0.05, 0.1) is 5.54 Å². The highest BCUT2D eigenvalue weighted by atomic mass is 16.1. The third-order valence-electron chi connectivity index (χ3n) is 1.40. The second-order valence-electron chi connectivity index (χ2n) is 4.61. The topological polar surface area (TPSA) is 31.2 Å². The SMILES string of the molecule is CC(C)CCC(=O)[N]C(C)(C)C. The van der Waals surface area contributed by atoms with Gasteiger partial charge in [0.1, 0.15) is 0 Å². The van der Waals surface area contributed by atoms with E-state index < -0.39 is 0 Å². The Morgan fingerprint density at radius 1 is 1.33 bits per heavy atom. The third kappa shape index (κ3) is 7.58. The van der Waals surface area contributed by atoms with Crippen molar-refractivity contribution >= 4 is 5.91 Å². The Bertz CT molecular complexity index is 144. The quantitative estimate of drug-likeness (QED) is 0.639. The lowest BCUT2D eigenvalue weighted by Crippen LogP contribution is -2.33. The first-order valence-electron chi connectivity index (χ1n) is 4.57. The van der Waals surface area contributed by atoms with Gasteiger partial charge in [0.25, 0.3) is 0 Å². The van der Waals surface area contributed by atoms with E-state index in [1.807, 2.05) is 20.8 Å². The molecule has 1 radical (unpaired) electrons. The molecule has 0 spiro atoms. The Hall–Kier alpha value is -0.530. The number of hydrogen-bond donors (Lipinski definition) is 0. The fourth-order valence-electron chi connectivity index (χ4n) is 0.842. The summed E-state index contributed by atoms with van der Waals surface area (Å²) in [6, 6.07) is 0. The summed E-state index contributed by atoms with van der Waals surface area (Å²) in [7, 11) is 0. The highest BCUT2D eigenvalue weighted by Gasteiger charge is 2.15. The second kappa shape index (κ2) is 4.48. The highest BCUT2D eigenvalue weighted by Crippen LogP contribution is 2.07. The van der Waals surface area contributed by atoms with Crippen molar-refractivity contribution in [3.63, 3.8) is 0 Å². The number of hydrogen-bond acceptors (Lipinski definition) is 1. The van der Waals surface area contributed by atoms with Crippen LogP contribution < -0.4 is 5.32 Å². The average Bonchev–Trinajstić information content (AvgIpc) is 1.79. The Balaban J connectivity index is 3.61. The number of amides is 1. The van der Waals surface area contributed by atoms with Crippen LogP contribution in [0.5, 0.6) is 0 Å². The number of carbonyl (C=O) groups excluding carboxylic acids is 1. The summed E-state index contributed by atoms with van der Waals surface area (Å²) >= 11 is 0. The molecule has 0 aliphatic rings. The van der Waals surface area contributed by atoms with Crippen LogP contribution in [0.15, 0.2) is 0 Å². The molecule has 12 heavy (non-hydrogen) atoms. The normalized spacial score (nSPS) is 11.8. The fraction of sp³-hybridized carbons (Fsp3) is 0.900. The number of carbonyl (C=O) groups is 1. The first kappa shape index (κ1) is 11.5. The zero-order valence-electron chi connectivity index (χ0n) is 8.85. The third-order valence-corrected chi connectivity index (χ3v) is 1.40. The predicted octanol–water partition coefficient (Wildman–Crippen LogP) is 2.35. The summed E-state index contributed by atoms with van der Waals surface area (Å²) in [5.74, 6) is 0.625. The molecule has 0 bridgehead atoms. The molecule has 0 saturated heterocycles. The van der Waals surface area contributed by atoms with Crippen LogP contribution in [0.2, 0.25) is 0 Å². The maximum Gasteiger partial charge on any atom is 0.241 e. The van der Waals surface area contributed by atoms with Gasteiger partial charge < -0.3 is 0 Å². The van der Waals surface area contributed by atoms with E-state index in [2.05, 4.69) is 19.2 Å². The molecule has 0 aromatic heterocycles. The number of nitrogens with zero attached hydrogens (tertiary/aromatic N) is 1. The molecule has 0 N–H and O–H groups in total. The molecular formula is C10H20NO. The molecule has 0 aliphatic carbocycles. The van der Waals surface area contributed by atoms with Crippen molar-refractivity contribution < 1.29 is 4.79 Å². The first-order valence-corrected chi connectivity index (χ1v) is 4.57. The van der Waals surface area contributed by atoms with Crippen LogP contribution >= 0.6 is 0 Å². The van der Waals surface area contributed by atoms with Gasteiger partial charge in [0, 0.05) is 6.42 Å². The Morgan fingerprint density at radius 2 is 1.83 bits per heavy atom. The van der Waals surface area contributed by atoms with Gasteiger partial charge in [-0.1, -0.05) is 13.8 Å². The van der Waals surface area contributed by atoms with Gasteiger partial charge in [-0.25, -0.2) is 5.32 Å². The maximum absolute atomic E-state index is 11.2. The van der Waals surface area contributed by atoms with E-state index in [1.165, 1.54) is 0 Å². The van der Waals surface area contributed by atoms with Gasteiger partial charge in [0.15, 0.2) is 0 Å². The minimum absolute atomic E-state index is 0.0381. The largest absolute Gasteiger partial charge is 0.273 e. The summed E-state index contributed by atoms with van der Waals surface area (Å²) in [4.78, 5) is 11.2. The Kier molecular flexibility index (Phi) is 4.29. The van der Waals surface area contributed by atoms with Gasteiger partial charge in [-0.3, -0.25) is 4.79 Å². The fourth-order valence-corrected chi connectivity index (χ4v) is 0.842. The van der Waals surface area contributed by atoms with Crippen molar-refractivity contribution in [1.29, 1.82) is 0 Å². The van der Waals surface area contributed by atoms with E-state index in [0.29, 0.717) is 12.3 Å². The highest BCUT2D eigenvalue weighted by molar-refractivity contribution is 5.76. The van der Waals surface area contributed by atoms with E-state index in [1.54, 1.807) is 0 Å². The molecular weight excluding hydrogens is 150 g/mol. The molecule has 0 rings (SSSR count). The van der Waals surface area contributed by atoms with Crippen LogP contribution in [0.1, 0.15) is 47.5 Å². The van der Waals surface area contributed by atoms with Crippen molar-refractivity contribution in [3.05, 3.63) is 0 Å². The van der Waals surface area contributed by atoms with Crippen molar-refractivity contribution in [1.82, 2.24) is 5.32 Å². The molecule has 0 aromatic carbocycles. The lowest BCUT2D eigenvalue weighted by atomic mass is 10.1. The van der Waals surface area contributed by atoms with Crippen LogP contribution in [0, 0.1) is 5.92 Å². The van der Waals surface area contributed by atoms with E-state index in [-0.39, 0.29) is 11.4 Å². The molecule has 0 heterocycles. The van der Waals surface area contributed by atoms with Crippen LogP contribution in [0.3, 0.4) is 0 Å². The van der Waals surface area contributed by atoms with Gasteiger partial charge in [-0.05, 0) is 33.1 Å². The van der Waals surface area contributed by atoms with E-state index in [9.17, 15) is 4.79 Å². The monoisotopic (exact) mass is 170 g/mol. The summed E-state index contributed by atoms with van der Waals surface area (Å²) in [5, 5.41) is 4.04. The Morgan fingerprint density at radius 3 is 2.17 bits per heavy atom. The maximum atomic E-state index is 11.2. The van der Waals surface area contributed by atoms with E-state index in [0.717, 1.165) is 6.42 Å². The van der Waals surface area contributed by atoms with Crippen LogP contribution in [0.4, 0.5) is 0 Å². The van der Waals surface area contributed by atoms with E-state index >= 15 is 0 Å². The molecule has 2 heteroatoms. The van der Waals surface area contributed by atoms with Crippen molar-refractivity contribution in [2.24, 2.45) is 5.92 Å². The minimum Gasteiger partial charge on any atom is -0.273 e. The lowest BCUT2D eigenvalue weighted by Gasteiger charge is -2.17. The summed E-state index contributed by atoms with van der Waals surface area (Å²) < 4.78 is 0. The van der Waals surface area contributed by atoms with Crippen molar-refractivity contribution in [2.75, 3.05) is 0 Å². The Labute approximate surface area is 75.7 Å². The standard InChI is InChI=1S/C10H20NO/c1-8(2)6-7-9(12)11-10(3,4)5/h8H,6-7H2,1-5H3. The minimum atomic E-state index is -0.214. The summed E-state index contributed by atoms with van der Waals surface area (Å²) in [5.41, 5.74) is -0.214. The summed E-state index contributed by atoms with van der Waals surface area (Å²) in [6.07, 6.45) is 1.54. The van der Waals surface area contributed by atoms with Crippen LogP contribution in [-0.4, -0.2) is 11.4 Å². The van der Waals surface area contributed by atoms with Gasteiger partial charge in [0.2, 0.25) is 5.91 Å². The molecule has 0 unspecified atom stereocenters. The zero-order valence-corrected chi connectivity index (χ0v) is 8.85. The smallest absolute Gasteiger partial charge is 0.241 e. The van der Waals surface area contributed by atoms with Gasteiger partial charge in [-0.2, -0.15) is 0 Å². The molecule has 0 saturated carbocycles. The zero-order chi connectivity index (χ0) is 9.78. The molecule has 0 aliphatic heterocycles. The average molecular weight is 170 g/mol. The van der Waals surface area contributed by atoms with Crippen molar-refractivity contribution in [2.45, 2.75) is 53.0 Å². The summed E-state index contributed by atoms with van der Waals surface area (Å²) in [6.45, 7) is 10.1. The molecule has 0 fully saturated rings. The van der Waals surface area contributed by atoms with Crippen LogP contribution in [-0.2, 0) is 4.79 Å². The molecule has 1 amide bonds. The molecule has 2 nitrogen and oxygen atoms in total. The first-order chi connectivity index (χ1) is 5.31. The molecule has 0 atom stereocenters.